The van der Waals surface area contributed by atoms with Crippen molar-refractivity contribution in [1.82, 2.24) is 5.32 Å². The lowest BCUT2D eigenvalue weighted by Crippen LogP contribution is -2.25. The maximum absolute atomic E-state index is 3.72. The van der Waals surface area contributed by atoms with Crippen LogP contribution in [0.4, 0.5) is 0 Å². The summed E-state index contributed by atoms with van der Waals surface area (Å²) in [5, 5.41) is 3.72. The molecular weight excluding hydrogens is 242 g/mol. The number of hydrogen-bond acceptors (Lipinski definition) is 1. The second kappa shape index (κ2) is 6.71. The van der Waals surface area contributed by atoms with Crippen molar-refractivity contribution in [3.8, 4) is 0 Å². The molecule has 0 fully saturated rings. The minimum Gasteiger partial charge on any atom is -0.306 e. The zero-order valence-electron chi connectivity index (χ0n) is 13.0. The van der Waals surface area contributed by atoms with E-state index in [4.69, 9.17) is 0 Å². The Morgan fingerprint density at radius 2 is 1.60 bits per heavy atom. The van der Waals surface area contributed by atoms with Gasteiger partial charge in [0.2, 0.25) is 0 Å². The van der Waals surface area contributed by atoms with Crippen molar-refractivity contribution in [3.05, 3.63) is 70.8 Å². The summed E-state index contributed by atoms with van der Waals surface area (Å²) in [6.07, 6.45) is 0. The largest absolute Gasteiger partial charge is 0.306 e. The third-order valence-corrected chi connectivity index (χ3v) is 4.05. The van der Waals surface area contributed by atoms with Gasteiger partial charge in [-0.15, -0.1) is 0 Å². The van der Waals surface area contributed by atoms with Crippen LogP contribution in [0.25, 0.3) is 0 Å². The molecular formula is C19H25N. The van der Waals surface area contributed by atoms with Crippen molar-refractivity contribution < 1.29 is 0 Å². The first-order chi connectivity index (χ1) is 9.59. The molecule has 0 saturated heterocycles. The molecule has 2 aromatic rings. The van der Waals surface area contributed by atoms with E-state index in [-0.39, 0.29) is 0 Å². The average molecular weight is 267 g/mol. The fourth-order valence-electron chi connectivity index (χ4n) is 2.62. The minimum absolute atomic E-state index is 0.399. The summed E-state index contributed by atoms with van der Waals surface area (Å²) in [6, 6.07) is 17.7. The number of rotatable bonds is 5. The second-order valence-corrected chi connectivity index (χ2v) is 5.87. The molecule has 0 aromatic heterocycles. The van der Waals surface area contributed by atoms with Crippen LogP contribution in [0.1, 0.15) is 42.1 Å². The van der Waals surface area contributed by atoms with E-state index < -0.39 is 0 Å². The molecule has 0 spiro atoms. The first-order valence-electron chi connectivity index (χ1n) is 7.43. The zero-order chi connectivity index (χ0) is 14.5. The maximum atomic E-state index is 3.72. The van der Waals surface area contributed by atoms with Gasteiger partial charge in [-0.3, -0.25) is 0 Å². The third-order valence-electron chi connectivity index (χ3n) is 4.05. The van der Waals surface area contributed by atoms with Crippen LogP contribution in [0, 0.1) is 19.8 Å². The fourth-order valence-corrected chi connectivity index (χ4v) is 2.62. The lowest BCUT2D eigenvalue weighted by atomic mass is 9.95. The lowest BCUT2D eigenvalue weighted by Gasteiger charge is -2.23. The Hall–Kier alpha value is -1.60. The van der Waals surface area contributed by atoms with Crippen LogP contribution < -0.4 is 5.32 Å². The summed E-state index contributed by atoms with van der Waals surface area (Å²) < 4.78 is 0. The molecule has 1 heteroatoms. The number of aryl methyl sites for hydroxylation is 1. The summed E-state index contributed by atoms with van der Waals surface area (Å²) in [5.41, 5.74) is 5.53. The molecule has 0 saturated carbocycles. The standard InChI is InChI=1S/C19H25N/c1-14(2)19(17-10-6-5-7-11-17)20-13-18-12-8-9-15(3)16(18)4/h5-12,14,19-20H,13H2,1-4H3. The summed E-state index contributed by atoms with van der Waals surface area (Å²) in [6.45, 7) is 9.85. The summed E-state index contributed by atoms with van der Waals surface area (Å²) in [4.78, 5) is 0. The van der Waals surface area contributed by atoms with Crippen molar-refractivity contribution in [1.29, 1.82) is 0 Å². The van der Waals surface area contributed by atoms with Crippen molar-refractivity contribution in [2.75, 3.05) is 0 Å². The SMILES string of the molecule is Cc1cccc(CNC(c2ccccc2)C(C)C)c1C. The Kier molecular flexibility index (Phi) is 4.97. The molecule has 2 rings (SSSR count). The summed E-state index contributed by atoms with van der Waals surface area (Å²) >= 11 is 0. The highest BCUT2D eigenvalue weighted by molar-refractivity contribution is 5.33. The van der Waals surface area contributed by atoms with Crippen LogP contribution in [0.2, 0.25) is 0 Å². The Labute approximate surface area is 123 Å². The monoisotopic (exact) mass is 267 g/mol. The number of hydrogen-bond donors (Lipinski definition) is 1. The van der Waals surface area contributed by atoms with Gasteiger partial charge in [0.25, 0.3) is 0 Å². The van der Waals surface area contributed by atoms with Gasteiger partial charge in [-0.2, -0.15) is 0 Å². The molecule has 1 nitrogen and oxygen atoms in total. The molecule has 0 bridgehead atoms. The Balaban J connectivity index is 2.12. The maximum Gasteiger partial charge on any atom is 0.0346 e. The molecule has 2 aromatic carbocycles. The van der Waals surface area contributed by atoms with Crippen molar-refractivity contribution in [3.63, 3.8) is 0 Å². The molecule has 106 valence electrons. The van der Waals surface area contributed by atoms with Crippen LogP contribution >= 0.6 is 0 Å². The normalized spacial score (nSPS) is 12.7. The van der Waals surface area contributed by atoms with Gasteiger partial charge in [0, 0.05) is 12.6 Å². The van der Waals surface area contributed by atoms with Crippen molar-refractivity contribution in [2.24, 2.45) is 5.92 Å². The number of benzene rings is 2. The topological polar surface area (TPSA) is 12.0 Å². The zero-order valence-corrected chi connectivity index (χ0v) is 13.0. The van der Waals surface area contributed by atoms with Crippen LogP contribution in [-0.2, 0) is 6.54 Å². The highest BCUT2D eigenvalue weighted by Gasteiger charge is 2.15. The Bertz CT molecular complexity index is 543. The van der Waals surface area contributed by atoms with Crippen molar-refractivity contribution in [2.45, 2.75) is 40.3 Å². The molecule has 0 heterocycles. The van der Waals surface area contributed by atoms with E-state index in [9.17, 15) is 0 Å². The fraction of sp³-hybridized carbons (Fsp3) is 0.368. The van der Waals surface area contributed by atoms with Gasteiger partial charge < -0.3 is 5.32 Å². The Morgan fingerprint density at radius 3 is 2.25 bits per heavy atom. The van der Waals surface area contributed by atoms with Gasteiger partial charge in [0.1, 0.15) is 0 Å². The minimum atomic E-state index is 0.399. The molecule has 0 radical (unpaired) electrons. The van der Waals surface area contributed by atoms with E-state index >= 15 is 0 Å². The van der Waals surface area contributed by atoms with E-state index in [1.54, 1.807) is 0 Å². The Morgan fingerprint density at radius 1 is 0.900 bits per heavy atom. The smallest absolute Gasteiger partial charge is 0.0346 e. The number of nitrogens with one attached hydrogen (secondary N) is 1. The predicted molar refractivity (Wildman–Crippen MR) is 86.8 cm³/mol. The second-order valence-electron chi connectivity index (χ2n) is 5.87. The molecule has 0 aliphatic carbocycles. The van der Waals surface area contributed by atoms with E-state index in [1.165, 1.54) is 22.3 Å². The third kappa shape index (κ3) is 3.49. The molecule has 0 aliphatic rings. The van der Waals surface area contributed by atoms with Crippen LogP contribution in [-0.4, -0.2) is 0 Å². The van der Waals surface area contributed by atoms with E-state index in [1.807, 2.05) is 0 Å². The quantitative estimate of drug-likeness (QED) is 0.821. The van der Waals surface area contributed by atoms with Gasteiger partial charge in [0.05, 0.1) is 0 Å². The molecule has 0 amide bonds. The molecule has 20 heavy (non-hydrogen) atoms. The lowest BCUT2D eigenvalue weighted by molar-refractivity contribution is 0.410. The van der Waals surface area contributed by atoms with Gasteiger partial charge in [-0.1, -0.05) is 62.4 Å². The van der Waals surface area contributed by atoms with E-state index in [0.29, 0.717) is 12.0 Å². The average Bonchev–Trinajstić information content (AvgIpc) is 2.44. The predicted octanol–water partition coefficient (Wildman–Crippen LogP) is 4.79. The van der Waals surface area contributed by atoms with Crippen LogP contribution in [0.5, 0.6) is 0 Å². The highest BCUT2D eigenvalue weighted by atomic mass is 14.9. The van der Waals surface area contributed by atoms with Crippen LogP contribution in [0.15, 0.2) is 48.5 Å². The van der Waals surface area contributed by atoms with Crippen molar-refractivity contribution >= 4 is 0 Å². The van der Waals surface area contributed by atoms with E-state index in [0.717, 1.165) is 6.54 Å². The van der Waals surface area contributed by atoms with Gasteiger partial charge in [0.15, 0.2) is 0 Å². The van der Waals surface area contributed by atoms with Crippen LogP contribution in [0.3, 0.4) is 0 Å². The van der Waals surface area contributed by atoms with Gasteiger partial charge in [-0.25, -0.2) is 0 Å². The molecule has 0 aliphatic heterocycles. The summed E-state index contributed by atoms with van der Waals surface area (Å²) in [5.74, 6) is 0.572. The molecule has 1 atom stereocenters. The van der Waals surface area contributed by atoms with Gasteiger partial charge in [-0.05, 0) is 42.0 Å². The molecule has 1 N–H and O–H groups in total. The summed E-state index contributed by atoms with van der Waals surface area (Å²) in [7, 11) is 0. The molecule has 1 unspecified atom stereocenters. The first kappa shape index (κ1) is 14.8. The highest BCUT2D eigenvalue weighted by Crippen LogP contribution is 2.22. The van der Waals surface area contributed by atoms with E-state index in [2.05, 4.69) is 81.5 Å². The first-order valence-corrected chi connectivity index (χ1v) is 7.43. The van der Waals surface area contributed by atoms with Gasteiger partial charge >= 0.3 is 0 Å².